The number of benzene rings is 2. The molecule has 1 saturated heterocycles. The number of nitrogens with one attached hydrogen (secondary N) is 3. The van der Waals surface area contributed by atoms with Crippen LogP contribution in [-0.4, -0.2) is 54.7 Å². The Morgan fingerprint density at radius 2 is 1.52 bits per heavy atom. The van der Waals surface area contributed by atoms with Crippen LogP contribution in [-0.2, 0) is 20.9 Å². The monoisotopic (exact) mass is 422 g/mol. The van der Waals surface area contributed by atoms with Gasteiger partial charge in [-0.1, -0.05) is 48.5 Å². The van der Waals surface area contributed by atoms with Crippen molar-refractivity contribution in [1.82, 2.24) is 20.9 Å². The fourth-order valence-electron chi connectivity index (χ4n) is 3.35. The summed E-state index contributed by atoms with van der Waals surface area (Å²) in [7, 11) is 0. The molecule has 1 aliphatic rings. The van der Waals surface area contributed by atoms with Crippen LogP contribution in [0.3, 0.4) is 0 Å². The number of hydrogen-bond donors (Lipinski definition) is 3. The SMILES string of the molecule is O=C(CNC(=O)c1ccccc1)NCCNC(=O)C1CC(=O)N(Cc2ccccc2)C1. The van der Waals surface area contributed by atoms with Gasteiger partial charge in [0.2, 0.25) is 17.7 Å². The first-order chi connectivity index (χ1) is 15.0. The first-order valence-corrected chi connectivity index (χ1v) is 10.2. The minimum Gasteiger partial charge on any atom is -0.354 e. The summed E-state index contributed by atoms with van der Waals surface area (Å²) in [5, 5.41) is 7.94. The van der Waals surface area contributed by atoms with E-state index in [4.69, 9.17) is 0 Å². The number of carbonyl (C=O) groups is 4. The van der Waals surface area contributed by atoms with E-state index >= 15 is 0 Å². The van der Waals surface area contributed by atoms with Gasteiger partial charge < -0.3 is 20.9 Å². The lowest BCUT2D eigenvalue weighted by Crippen LogP contribution is -2.41. The lowest BCUT2D eigenvalue weighted by molar-refractivity contribution is -0.129. The number of likely N-dealkylation sites (tertiary alicyclic amines) is 1. The molecule has 0 aliphatic carbocycles. The first-order valence-electron chi connectivity index (χ1n) is 10.2. The molecular formula is C23H26N4O4. The van der Waals surface area contributed by atoms with Gasteiger partial charge in [-0.2, -0.15) is 0 Å². The minimum atomic E-state index is -0.392. The lowest BCUT2D eigenvalue weighted by atomic mass is 10.1. The fraction of sp³-hybridized carbons (Fsp3) is 0.304. The average Bonchev–Trinajstić information content (AvgIpc) is 3.16. The number of nitrogens with zero attached hydrogens (tertiary/aromatic N) is 1. The standard InChI is InChI=1S/C23H26N4O4/c28-20(14-26-22(30)18-9-5-2-6-10-18)24-11-12-25-23(31)19-13-21(29)27(16-19)15-17-7-3-1-4-8-17/h1-10,19H,11-16H2,(H,24,28)(H,25,31)(H,26,30). The normalized spacial score (nSPS) is 15.4. The molecule has 3 rings (SSSR count). The summed E-state index contributed by atoms with van der Waals surface area (Å²) in [6.45, 7) is 1.22. The highest BCUT2D eigenvalue weighted by molar-refractivity contribution is 5.96. The van der Waals surface area contributed by atoms with Crippen LogP contribution in [0.15, 0.2) is 60.7 Å². The van der Waals surface area contributed by atoms with Crippen LogP contribution in [0.25, 0.3) is 0 Å². The van der Waals surface area contributed by atoms with Crippen molar-refractivity contribution in [1.29, 1.82) is 0 Å². The predicted octanol–water partition coefficient (Wildman–Crippen LogP) is 0.698. The molecule has 2 aromatic carbocycles. The quantitative estimate of drug-likeness (QED) is 0.517. The molecule has 4 amide bonds. The van der Waals surface area contributed by atoms with Crippen LogP contribution in [0.1, 0.15) is 22.3 Å². The second-order valence-electron chi connectivity index (χ2n) is 7.35. The second-order valence-corrected chi connectivity index (χ2v) is 7.35. The van der Waals surface area contributed by atoms with Crippen LogP contribution in [0.4, 0.5) is 0 Å². The van der Waals surface area contributed by atoms with Gasteiger partial charge in [-0.25, -0.2) is 0 Å². The van der Waals surface area contributed by atoms with Gasteiger partial charge in [0, 0.05) is 38.2 Å². The van der Waals surface area contributed by atoms with E-state index < -0.39 is 5.92 Å². The van der Waals surface area contributed by atoms with Crippen LogP contribution < -0.4 is 16.0 Å². The molecule has 1 fully saturated rings. The van der Waals surface area contributed by atoms with Crippen LogP contribution >= 0.6 is 0 Å². The van der Waals surface area contributed by atoms with Gasteiger partial charge in [-0.05, 0) is 17.7 Å². The van der Waals surface area contributed by atoms with Gasteiger partial charge >= 0.3 is 0 Å². The maximum Gasteiger partial charge on any atom is 0.251 e. The number of carbonyl (C=O) groups excluding carboxylic acids is 4. The predicted molar refractivity (Wildman–Crippen MR) is 115 cm³/mol. The molecule has 1 heterocycles. The van der Waals surface area contributed by atoms with Gasteiger partial charge in [0.15, 0.2) is 0 Å². The Bertz CT molecular complexity index is 918. The second kappa shape index (κ2) is 10.9. The van der Waals surface area contributed by atoms with E-state index in [9.17, 15) is 19.2 Å². The van der Waals surface area contributed by atoms with Gasteiger partial charge in [-0.3, -0.25) is 19.2 Å². The third-order valence-electron chi connectivity index (χ3n) is 4.99. The molecule has 0 radical (unpaired) electrons. The fourth-order valence-corrected chi connectivity index (χ4v) is 3.35. The average molecular weight is 422 g/mol. The highest BCUT2D eigenvalue weighted by atomic mass is 16.2. The minimum absolute atomic E-state index is 0.0357. The van der Waals surface area contributed by atoms with Crippen molar-refractivity contribution in [2.45, 2.75) is 13.0 Å². The summed E-state index contributed by atoms with van der Waals surface area (Å²) in [6.07, 6.45) is 0.191. The molecule has 8 heteroatoms. The lowest BCUT2D eigenvalue weighted by Gasteiger charge is -2.16. The summed E-state index contributed by atoms with van der Waals surface area (Å²) >= 11 is 0. The molecule has 1 unspecified atom stereocenters. The molecule has 0 saturated carbocycles. The Morgan fingerprint density at radius 3 is 2.23 bits per heavy atom. The molecule has 1 atom stereocenters. The third-order valence-corrected chi connectivity index (χ3v) is 4.99. The zero-order valence-corrected chi connectivity index (χ0v) is 17.2. The van der Waals surface area contributed by atoms with E-state index in [0.717, 1.165) is 5.56 Å². The molecule has 0 aromatic heterocycles. The molecule has 31 heavy (non-hydrogen) atoms. The van der Waals surface area contributed by atoms with Crippen molar-refractivity contribution in [3.05, 3.63) is 71.8 Å². The van der Waals surface area contributed by atoms with Crippen molar-refractivity contribution in [2.75, 3.05) is 26.2 Å². The van der Waals surface area contributed by atoms with Crippen LogP contribution in [0, 0.1) is 5.92 Å². The molecule has 8 nitrogen and oxygen atoms in total. The van der Waals surface area contributed by atoms with Crippen molar-refractivity contribution in [3.8, 4) is 0 Å². The van der Waals surface area contributed by atoms with Gasteiger partial charge in [-0.15, -0.1) is 0 Å². The number of amides is 4. The van der Waals surface area contributed by atoms with E-state index in [1.165, 1.54) is 0 Å². The number of rotatable bonds is 9. The first kappa shape index (κ1) is 22.0. The Kier molecular flexibility index (Phi) is 7.75. The van der Waals surface area contributed by atoms with Crippen molar-refractivity contribution in [3.63, 3.8) is 0 Å². The molecule has 2 aromatic rings. The largest absolute Gasteiger partial charge is 0.354 e. The summed E-state index contributed by atoms with van der Waals surface area (Å²) in [5.41, 5.74) is 1.51. The summed E-state index contributed by atoms with van der Waals surface area (Å²) < 4.78 is 0. The Labute approximate surface area is 181 Å². The maximum atomic E-state index is 12.3. The summed E-state index contributed by atoms with van der Waals surface area (Å²) in [6, 6.07) is 18.3. The van der Waals surface area contributed by atoms with Crippen molar-refractivity contribution < 1.29 is 19.2 Å². The zero-order valence-electron chi connectivity index (χ0n) is 17.2. The topological polar surface area (TPSA) is 108 Å². The molecule has 0 spiro atoms. The summed E-state index contributed by atoms with van der Waals surface area (Å²) in [4.78, 5) is 50.0. The van der Waals surface area contributed by atoms with Gasteiger partial charge in [0.1, 0.15) is 0 Å². The Balaban J connectivity index is 1.31. The Morgan fingerprint density at radius 1 is 0.871 bits per heavy atom. The maximum absolute atomic E-state index is 12.3. The Hall–Kier alpha value is -3.68. The van der Waals surface area contributed by atoms with E-state index in [1.54, 1.807) is 35.2 Å². The van der Waals surface area contributed by atoms with E-state index in [0.29, 0.717) is 18.7 Å². The highest BCUT2D eigenvalue weighted by Gasteiger charge is 2.33. The molecule has 162 valence electrons. The van der Waals surface area contributed by atoms with E-state index in [2.05, 4.69) is 16.0 Å². The van der Waals surface area contributed by atoms with Crippen LogP contribution in [0.2, 0.25) is 0 Å². The highest BCUT2D eigenvalue weighted by Crippen LogP contribution is 2.20. The molecule has 1 aliphatic heterocycles. The van der Waals surface area contributed by atoms with E-state index in [-0.39, 0.29) is 49.7 Å². The van der Waals surface area contributed by atoms with Gasteiger partial charge in [0.25, 0.3) is 5.91 Å². The van der Waals surface area contributed by atoms with Crippen molar-refractivity contribution in [2.24, 2.45) is 5.92 Å². The number of hydrogen-bond acceptors (Lipinski definition) is 4. The zero-order chi connectivity index (χ0) is 22.1. The third kappa shape index (κ3) is 6.67. The smallest absolute Gasteiger partial charge is 0.251 e. The van der Waals surface area contributed by atoms with Gasteiger partial charge in [0.05, 0.1) is 12.5 Å². The molecule has 3 N–H and O–H groups in total. The van der Waals surface area contributed by atoms with E-state index in [1.807, 2.05) is 30.3 Å². The molecule has 0 bridgehead atoms. The van der Waals surface area contributed by atoms with Crippen molar-refractivity contribution >= 4 is 23.6 Å². The molecular weight excluding hydrogens is 396 g/mol. The van der Waals surface area contributed by atoms with Crippen LogP contribution in [0.5, 0.6) is 0 Å². The summed E-state index contributed by atoms with van der Waals surface area (Å²) in [5.74, 6) is -1.29.